The molecule has 2 saturated carbocycles. The van der Waals surface area contributed by atoms with E-state index in [4.69, 9.17) is 61.5 Å². The highest BCUT2D eigenvalue weighted by Gasteiger charge is 2.39. The molecule has 4 rings (SSSR count). The lowest BCUT2D eigenvalue weighted by atomic mass is 10.2. The van der Waals surface area contributed by atoms with Gasteiger partial charge in [0.15, 0.2) is 0 Å². The van der Waals surface area contributed by atoms with Crippen molar-refractivity contribution in [1.29, 1.82) is 0 Å². The number of nitrogens with one attached hydrogen (secondary N) is 1. The standard InChI is InChI=1S/C9H11ClF2N4.C5H9F2N.C4H3Cl2N3.2C4H10O.ClH/c10-6-3-7(16-8(13)15-6)14-5-1-2-9(11,12)4-5;6-5(7)2-1-4(8)3-5;5-2-1-3(6)9-4(7)8-2;2*1-3-5-4-2;/h3,5H,1-2,4H2,(H3,13,14,15,16);4H,1-3,8H2;1H,(H2,7,8,9);2*3-4H2,1-2H3;1H. The molecule has 2 unspecified atom stereocenters. The Morgan fingerprint density at radius 2 is 1.16 bits per heavy atom. The van der Waals surface area contributed by atoms with Crippen molar-refractivity contribution in [3.63, 3.8) is 0 Å². The normalized spacial score (nSPS) is 18.8. The van der Waals surface area contributed by atoms with Crippen molar-refractivity contribution in [2.24, 2.45) is 5.73 Å². The molecule has 0 saturated heterocycles. The smallest absolute Gasteiger partial charge is 0.250 e. The summed E-state index contributed by atoms with van der Waals surface area (Å²) in [6, 6.07) is 2.33. The summed E-state index contributed by atoms with van der Waals surface area (Å²) in [5, 5.41) is 3.59. The Hall–Kier alpha value is -1.68. The lowest BCUT2D eigenvalue weighted by Crippen LogP contribution is -2.20. The van der Waals surface area contributed by atoms with Crippen LogP contribution in [0.4, 0.5) is 35.3 Å². The number of halogens is 8. The quantitative estimate of drug-likeness (QED) is 0.176. The molecule has 2 atom stereocenters. The molecule has 7 N–H and O–H groups in total. The maximum atomic E-state index is 12.9. The number of ether oxygens (including phenoxy) is 2. The molecular formula is C26H44Cl4F4N8O2. The number of nitrogen functional groups attached to an aromatic ring is 2. The molecule has 256 valence electrons. The molecular weight excluding hydrogens is 674 g/mol. The summed E-state index contributed by atoms with van der Waals surface area (Å²) in [6.45, 7) is 11.3. The SMILES string of the molecule is CCOCC.CCOCC.Cl.NC1CCC(F)(F)C1.Nc1nc(Cl)cc(Cl)n1.Nc1nc(Cl)cc(NC2CCC(F)(F)C2)n1. The molecule has 0 radical (unpaired) electrons. The topological polar surface area (TPSA) is 160 Å². The van der Waals surface area contributed by atoms with Crippen LogP contribution in [0.1, 0.15) is 66.2 Å². The van der Waals surface area contributed by atoms with E-state index in [9.17, 15) is 17.6 Å². The first-order chi connectivity index (χ1) is 20.1. The minimum Gasteiger partial charge on any atom is -0.382 e. The van der Waals surface area contributed by atoms with Crippen LogP contribution in [0.5, 0.6) is 0 Å². The van der Waals surface area contributed by atoms with Gasteiger partial charge in [-0.05, 0) is 40.5 Å². The average molecular weight is 718 g/mol. The highest BCUT2D eigenvalue weighted by molar-refractivity contribution is 6.33. The van der Waals surface area contributed by atoms with Gasteiger partial charge in [0, 0.05) is 76.3 Å². The second kappa shape index (κ2) is 23.6. The van der Waals surface area contributed by atoms with Crippen molar-refractivity contribution < 1.29 is 27.0 Å². The summed E-state index contributed by atoms with van der Waals surface area (Å²) in [5.74, 6) is -4.54. The predicted molar refractivity (Wildman–Crippen MR) is 172 cm³/mol. The van der Waals surface area contributed by atoms with E-state index in [0.29, 0.717) is 18.7 Å². The van der Waals surface area contributed by atoms with E-state index in [1.807, 2.05) is 27.7 Å². The van der Waals surface area contributed by atoms with Gasteiger partial charge in [-0.1, -0.05) is 34.8 Å². The first kappa shape index (κ1) is 44.4. The number of nitrogens with two attached hydrogens (primary N) is 3. The number of nitrogens with zero attached hydrogens (tertiary/aromatic N) is 4. The fourth-order valence-corrected chi connectivity index (χ4v) is 4.22. The van der Waals surface area contributed by atoms with E-state index < -0.39 is 11.8 Å². The predicted octanol–water partition coefficient (Wildman–Crippen LogP) is 7.32. The van der Waals surface area contributed by atoms with E-state index in [-0.39, 0.29) is 77.5 Å². The van der Waals surface area contributed by atoms with Gasteiger partial charge in [-0.25, -0.2) is 32.5 Å². The summed E-state index contributed by atoms with van der Waals surface area (Å²) in [5.41, 5.74) is 15.8. The van der Waals surface area contributed by atoms with Crippen molar-refractivity contribution in [2.75, 3.05) is 43.2 Å². The number of aromatic nitrogens is 4. The highest BCUT2D eigenvalue weighted by Crippen LogP contribution is 2.36. The van der Waals surface area contributed by atoms with Crippen molar-refractivity contribution in [1.82, 2.24) is 19.9 Å². The lowest BCUT2D eigenvalue weighted by Gasteiger charge is -2.13. The molecule has 2 aromatic heterocycles. The molecule has 0 aliphatic heterocycles. The second-order valence-electron chi connectivity index (χ2n) is 9.17. The Bertz CT molecular complexity index is 971. The van der Waals surface area contributed by atoms with Gasteiger partial charge in [-0.2, -0.15) is 4.98 Å². The molecule has 0 bridgehead atoms. The van der Waals surface area contributed by atoms with Crippen LogP contribution >= 0.6 is 47.2 Å². The monoisotopic (exact) mass is 716 g/mol. The van der Waals surface area contributed by atoms with Crippen LogP contribution in [-0.4, -0.2) is 70.3 Å². The van der Waals surface area contributed by atoms with E-state index in [0.717, 1.165) is 26.4 Å². The maximum Gasteiger partial charge on any atom is 0.250 e. The molecule has 10 nitrogen and oxygen atoms in total. The van der Waals surface area contributed by atoms with E-state index in [2.05, 4.69) is 25.3 Å². The van der Waals surface area contributed by atoms with Crippen molar-refractivity contribution in [3.8, 4) is 0 Å². The molecule has 44 heavy (non-hydrogen) atoms. The largest absolute Gasteiger partial charge is 0.382 e. The molecule has 2 fully saturated rings. The maximum absolute atomic E-state index is 12.9. The Morgan fingerprint density at radius 3 is 1.43 bits per heavy atom. The molecule has 0 aromatic carbocycles. The van der Waals surface area contributed by atoms with Gasteiger partial charge in [0.1, 0.15) is 21.3 Å². The minimum atomic E-state index is -2.58. The zero-order chi connectivity index (χ0) is 33.1. The molecule has 0 spiro atoms. The molecule has 2 aromatic rings. The zero-order valence-electron chi connectivity index (χ0n) is 25.3. The van der Waals surface area contributed by atoms with Crippen molar-refractivity contribution in [2.45, 2.75) is 90.1 Å². The summed E-state index contributed by atoms with van der Waals surface area (Å²) < 4.78 is 59.8. The average Bonchev–Trinajstić information content (AvgIpc) is 3.38. The van der Waals surface area contributed by atoms with Gasteiger partial charge in [0.05, 0.1) is 0 Å². The third kappa shape index (κ3) is 22.8. The lowest BCUT2D eigenvalue weighted by molar-refractivity contribution is 0.00750. The van der Waals surface area contributed by atoms with Crippen LogP contribution in [0.3, 0.4) is 0 Å². The third-order valence-electron chi connectivity index (χ3n) is 5.41. The van der Waals surface area contributed by atoms with E-state index in [1.165, 1.54) is 12.1 Å². The van der Waals surface area contributed by atoms with Gasteiger partial charge in [-0.3, -0.25) is 0 Å². The van der Waals surface area contributed by atoms with Crippen LogP contribution in [0.15, 0.2) is 12.1 Å². The second-order valence-corrected chi connectivity index (χ2v) is 10.3. The fourth-order valence-electron chi connectivity index (χ4n) is 3.59. The Balaban J connectivity index is 0. The van der Waals surface area contributed by atoms with Crippen LogP contribution in [0.2, 0.25) is 15.5 Å². The number of rotatable bonds is 6. The van der Waals surface area contributed by atoms with Gasteiger partial charge in [0.2, 0.25) is 23.7 Å². The van der Waals surface area contributed by atoms with Crippen LogP contribution in [-0.2, 0) is 9.47 Å². The Morgan fingerprint density at radius 1 is 0.750 bits per heavy atom. The first-order valence-corrected chi connectivity index (χ1v) is 14.9. The first-order valence-electron chi connectivity index (χ1n) is 13.7. The third-order valence-corrected chi connectivity index (χ3v) is 5.99. The fraction of sp³-hybridized carbons (Fsp3) is 0.692. The number of hydrogen-bond donors (Lipinski definition) is 4. The molecule has 18 heteroatoms. The van der Waals surface area contributed by atoms with E-state index in [1.54, 1.807) is 0 Å². The Labute approximate surface area is 277 Å². The molecule has 2 aliphatic carbocycles. The number of hydrogen-bond acceptors (Lipinski definition) is 10. The summed E-state index contributed by atoms with van der Waals surface area (Å²) in [6.07, 6.45) is 0.468. The van der Waals surface area contributed by atoms with E-state index >= 15 is 0 Å². The van der Waals surface area contributed by atoms with Crippen LogP contribution < -0.4 is 22.5 Å². The summed E-state index contributed by atoms with van der Waals surface area (Å²) >= 11 is 16.5. The minimum absolute atomic E-state index is 0. The van der Waals surface area contributed by atoms with Crippen molar-refractivity contribution in [3.05, 3.63) is 27.6 Å². The van der Waals surface area contributed by atoms with Gasteiger partial charge < -0.3 is 32.0 Å². The highest BCUT2D eigenvalue weighted by atomic mass is 35.5. The van der Waals surface area contributed by atoms with Gasteiger partial charge in [0.25, 0.3) is 0 Å². The molecule has 2 aliphatic rings. The zero-order valence-corrected chi connectivity index (χ0v) is 28.4. The summed E-state index contributed by atoms with van der Waals surface area (Å²) in [7, 11) is 0. The van der Waals surface area contributed by atoms with Crippen LogP contribution in [0.25, 0.3) is 0 Å². The number of anilines is 3. The summed E-state index contributed by atoms with van der Waals surface area (Å²) in [4.78, 5) is 14.7. The Kier molecular flexibility index (Phi) is 23.9. The van der Waals surface area contributed by atoms with Crippen molar-refractivity contribution >= 4 is 64.9 Å². The van der Waals surface area contributed by atoms with Crippen LogP contribution in [0, 0.1) is 0 Å². The molecule has 0 amide bonds. The van der Waals surface area contributed by atoms with Gasteiger partial charge >= 0.3 is 0 Å². The number of alkyl halides is 4. The molecule has 2 heterocycles. The van der Waals surface area contributed by atoms with Gasteiger partial charge in [-0.15, -0.1) is 12.4 Å².